The van der Waals surface area contributed by atoms with Crippen LogP contribution in [0.4, 0.5) is 0 Å². The van der Waals surface area contributed by atoms with Crippen LogP contribution in [-0.2, 0) is 0 Å². The van der Waals surface area contributed by atoms with Gasteiger partial charge in [-0.1, -0.05) is 19.9 Å². The largest absolute Gasteiger partial charge is 0.253 e. The minimum Gasteiger partial charge on any atom is -0.253 e. The Morgan fingerprint density at radius 3 is 2.72 bits per heavy atom. The normalized spacial score (nSPS) is 11.3. The molecule has 0 aliphatic carbocycles. The van der Waals surface area contributed by atoms with E-state index in [0.717, 1.165) is 16.9 Å². The second-order valence-corrected chi connectivity index (χ2v) is 5.35. The van der Waals surface area contributed by atoms with Gasteiger partial charge in [0.15, 0.2) is 5.82 Å². The molecule has 0 aliphatic heterocycles. The molecule has 90 valence electrons. The zero-order valence-electron chi connectivity index (χ0n) is 10.3. The smallest absolute Gasteiger partial charge is 0.179 e. The molecule has 0 saturated heterocycles. The summed E-state index contributed by atoms with van der Waals surface area (Å²) in [5.74, 6) is 1.10. The summed E-state index contributed by atoms with van der Waals surface area (Å²) >= 11 is 1.70. The van der Waals surface area contributed by atoms with E-state index >= 15 is 0 Å². The topological polar surface area (TPSA) is 38.7 Å². The van der Waals surface area contributed by atoms with Gasteiger partial charge < -0.3 is 0 Å². The average Bonchev–Trinajstić information content (AvgIpc) is 2.86. The highest BCUT2D eigenvalue weighted by molar-refractivity contribution is 7.17. The van der Waals surface area contributed by atoms with E-state index in [9.17, 15) is 0 Å². The number of hydrogen-bond acceptors (Lipinski definition) is 4. The Hall–Kier alpha value is -1.81. The van der Waals surface area contributed by atoms with Gasteiger partial charge in [-0.15, -0.1) is 11.3 Å². The average molecular weight is 255 g/mol. The van der Waals surface area contributed by atoms with Crippen molar-refractivity contribution in [2.45, 2.75) is 19.8 Å². The number of nitrogens with zero attached hydrogens (tertiary/aromatic N) is 3. The van der Waals surface area contributed by atoms with Crippen molar-refractivity contribution in [2.75, 3.05) is 0 Å². The summed E-state index contributed by atoms with van der Waals surface area (Å²) in [6.07, 6.45) is 1.77. The van der Waals surface area contributed by atoms with Gasteiger partial charge in [0.2, 0.25) is 0 Å². The Labute approximate surface area is 110 Å². The molecule has 3 nitrogen and oxygen atoms in total. The molecule has 0 atom stereocenters. The molecule has 0 spiro atoms. The monoisotopic (exact) mass is 255 g/mol. The van der Waals surface area contributed by atoms with Crippen molar-refractivity contribution in [3.63, 3.8) is 0 Å². The van der Waals surface area contributed by atoms with Crippen molar-refractivity contribution in [1.82, 2.24) is 15.0 Å². The van der Waals surface area contributed by atoms with Crippen molar-refractivity contribution in [3.05, 3.63) is 41.5 Å². The minimum absolute atomic E-state index is 0.386. The van der Waals surface area contributed by atoms with Gasteiger partial charge in [-0.05, 0) is 29.5 Å². The molecule has 0 amide bonds. The third kappa shape index (κ3) is 1.88. The summed E-state index contributed by atoms with van der Waals surface area (Å²) in [7, 11) is 0. The number of pyridine rings is 1. The highest BCUT2D eigenvalue weighted by Gasteiger charge is 2.13. The van der Waals surface area contributed by atoms with Gasteiger partial charge in [0, 0.05) is 6.20 Å². The highest BCUT2D eigenvalue weighted by atomic mass is 32.1. The van der Waals surface area contributed by atoms with Crippen molar-refractivity contribution in [3.8, 4) is 11.5 Å². The van der Waals surface area contributed by atoms with Crippen molar-refractivity contribution in [2.24, 2.45) is 0 Å². The maximum atomic E-state index is 4.68. The lowest BCUT2D eigenvalue weighted by atomic mass is 10.1. The van der Waals surface area contributed by atoms with E-state index in [2.05, 4.69) is 34.2 Å². The summed E-state index contributed by atoms with van der Waals surface area (Å²) in [6.45, 7) is 4.31. The Morgan fingerprint density at radius 2 is 2.00 bits per heavy atom. The predicted molar refractivity (Wildman–Crippen MR) is 74.7 cm³/mol. The second kappa shape index (κ2) is 4.46. The van der Waals surface area contributed by atoms with Gasteiger partial charge in [0.25, 0.3) is 0 Å². The van der Waals surface area contributed by atoms with Crippen molar-refractivity contribution in [1.29, 1.82) is 0 Å². The molecule has 0 bridgehead atoms. The SMILES string of the molecule is CC(C)c1nc(-c2ccccn2)nc2ccsc12. The molecule has 0 radical (unpaired) electrons. The molecule has 0 N–H and O–H groups in total. The molecule has 0 aliphatic rings. The Kier molecular flexibility index (Phi) is 2.80. The van der Waals surface area contributed by atoms with Crippen LogP contribution in [0.1, 0.15) is 25.5 Å². The van der Waals surface area contributed by atoms with Gasteiger partial charge in [-0.3, -0.25) is 4.98 Å². The van der Waals surface area contributed by atoms with Crippen LogP contribution < -0.4 is 0 Å². The molecule has 18 heavy (non-hydrogen) atoms. The molecule has 0 saturated carbocycles. The van der Waals surface area contributed by atoms with Crippen LogP contribution in [-0.4, -0.2) is 15.0 Å². The van der Waals surface area contributed by atoms with Crippen molar-refractivity contribution < 1.29 is 0 Å². The van der Waals surface area contributed by atoms with E-state index in [-0.39, 0.29) is 0 Å². The quantitative estimate of drug-likeness (QED) is 0.697. The third-order valence-electron chi connectivity index (χ3n) is 2.77. The molecule has 3 heterocycles. The van der Waals surface area contributed by atoms with Gasteiger partial charge in [-0.2, -0.15) is 0 Å². The van der Waals surface area contributed by atoms with E-state index < -0.39 is 0 Å². The van der Waals surface area contributed by atoms with Crippen LogP contribution in [0, 0.1) is 0 Å². The lowest BCUT2D eigenvalue weighted by molar-refractivity contribution is 0.832. The first kappa shape index (κ1) is 11.3. The highest BCUT2D eigenvalue weighted by Crippen LogP contribution is 2.29. The zero-order chi connectivity index (χ0) is 12.5. The number of rotatable bonds is 2. The molecular weight excluding hydrogens is 242 g/mol. The van der Waals surface area contributed by atoms with Crippen LogP contribution in [0.15, 0.2) is 35.8 Å². The summed E-state index contributed by atoms with van der Waals surface area (Å²) in [6, 6.07) is 7.84. The van der Waals surface area contributed by atoms with Crippen molar-refractivity contribution >= 4 is 21.6 Å². The van der Waals surface area contributed by atoms with E-state index in [4.69, 9.17) is 0 Å². The molecule has 3 aromatic rings. The number of aromatic nitrogens is 3. The summed E-state index contributed by atoms with van der Waals surface area (Å²) < 4.78 is 1.18. The van der Waals surface area contributed by atoms with Crippen LogP contribution in [0.2, 0.25) is 0 Å². The lowest BCUT2D eigenvalue weighted by Crippen LogP contribution is -1.99. The summed E-state index contributed by atoms with van der Waals surface area (Å²) in [4.78, 5) is 13.6. The fraction of sp³-hybridized carbons (Fsp3) is 0.214. The van der Waals surface area contributed by atoms with Gasteiger partial charge in [0.05, 0.1) is 15.9 Å². The fourth-order valence-corrected chi connectivity index (χ4v) is 2.86. The number of fused-ring (bicyclic) bond motifs is 1. The van der Waals surface area contributed by atoms with E-state index in [1.54, 1.807) is 17.5 Å². The first-order chi connectivity index (χ1) is 8.75. The van der Waals surface area contributed by atoms with Crippen LogP contribution >= 0.6 is 11.3 Å². The Morgan fingerprint density at radius 1 is 1.11 bits per heavy atom. The second-order valence-electron chi connectivity index (χ2n) is 4.44. The molecule has 3 aromatic heterocycles. The maximum Gasteiger partial charge on any atom is 0.179 e. The fourth-order valence-electron chi connectivity index (χ4n) is 1.89. The molecule has 4 heteroatoms. The first-order valence-corrected chi connectivity index (χ1v) is 6.80. The first-order valence-electron chi connectivity index (χ1n) is 5.92. The van der Waals surface area contributed by atoms with Crippen LogP contribution in [0.5, 0.6) is 0 Å². The minimum atomic E-state index is 0.386. The van der Waals surface area contributed by atoms with E-state index in [1.807, 2.05) is 24.3 Å². The molecular formula is C14H13N3S. The summed E-state index contributed by atoms with van der Waals surface area (Å²) in [5, 5.41) is 2.06. The van der Waals surface area contributed by atoms with Crippen LogP contribution in [0.25, 0.3) is 21.7 Å². The van der Waals surface area contributed by atoms with Gasteiger partial charge >= 0.3 is 0 Å². The lowest BCUT2D eigenvalue weighted by Gasteiger charge is -2.08. The Balaban J connectivity index is 2.25. The van der Waals surface area contributed by atoms with Gasteiger partial charge in [0.1, 0.15) is 5.69 Å². The molecule has 0 fully saturated rings. The molecule has 0 unspecified atom stereocenters. The van der Waals surface area contributed by atoms with E-state index in [0.29, 0.717) is 11.7 Å². The third-order valence-corrected chi connectivity index (χ3v) is 3.70. The zero-order valence-corrected chi connectivity index (χ0v) is 11.1. The number of hydrogen-bond donors (Lipinski definition) is 0. The van der Waals surface area contributed by atoms with E-state index in [1.165, 1.54) is 4.70 Å². The number of thiophene rings is 1. The maximum absolute atomic E-state index is 4.68. The predicted octanol–water partition coefficient (Wildman–Crippen LogP) is 3.88. The molecule has 0 aromatic carbocycles. The van der Waals surface area contributed by atoms with Crippen LogP contribution in [0.3, 0.4) is 0 Å². The van der Waals surface area contributed by atoms with Gasteiger partial charge in [-0.25, -0.2) is 9.97 Å². The summed E-state index contributed by atoms with van der Waals surface area (Å²) in [5.41, 5.74) is 2.95. The Bertz CT molecular complexity index is 674. The molecule has 3 rings (SSSR count). The standard InChI is InChI=1S/C14H13N3S/c1-9(2)12-13-10(6-8-18-13)16-14(17-12)11-5-3-4-7-15-11/h3-9H,1-2H3.